The number of rotatable bonds is 4. The number of hydrogen-bond donors (Lipinski definition) is 0. The molecule has 1 amide bonds. The zero-order valence-corrected chi connectivity index (χ0v) is 18.0. The summed E-state index contributed by atoms with van der Waals surface area (Å²) >= 11 is 0. The van der Waals surface area contributed by atoms with E-state index >= 15 is 0 Å². The number of amides is 1. The number of hydrogen-bond acceptors (Lipinski definition) is 7. The maximum absolute atomic E-state index is 13.4. The SMILES string of the molecule is Cc1cc(N2C[C@@H]3CCN(C(=O)c4ccccc4-n4nccn4)C[C@@H]32)nc(N(C)C)n1. The Bertz CT molecular complexity index is 1100. The number of benzene rings is 1. The zero-order valence-electron chi connectivity index (χ0n) is 18.0. The molecule has 0 N–H and O–H groups in total. The standard InChI is InChI=1S/C22H26N8O/c1-15-12-20(26-22(25-15)27(2)3)29-13-16-8-11-28(14-19(16)29)21(31)17-6-4-5-7-18(17)30-23-9-10-24-30/h4-7,9-10,12,16,19H,8,11,13-14H2,1-3H3/t16-,19-/m0/s1. The first-order chi connectivity index (χ1) is 15.0. The van der Waals surface area contributed by atoms with E-state index in [4.69, 9.17) is 4.98 Å². The molecule has 9 nitrogen and oxygen atoms in total. The van der Waals surface area contributed by atoms with Crippen LogP contribution in [0.5, 0.6) is 0 Å². The molecule has 0 bridgehead atoms. The second kappa shape index (κ2) is 7.64. The first-order valence-electron chi connectivity index (χ1n) is 10.6. The lowest BCUT2D eigenvalue weighted by molar-refractivity contribution is 0.0591. The number of nitrogens with zero attached hydrogens (tertiary/aromatic N) is 8. The van der Waals surface area contributed by atoms with Crippen molar-refractivity contribution in [1.82, 2.24) is 29.9 Å². The van der Waals surface area contributed by atoms with E-state index in [0.717, 1.165) is 31.0 Å². The monoisotopic (exact) mass is 418 g/mol. The summed E-state index contributed by atoms with van der Waals surface area (Å²) in [5, 5.41) is 8.41. The molecule has 0 unspecified atom stereocenters. The fraction of sp³-hybridized carbons (Fsp3) is 0.409. The predicted molar refractivity (Wildman–Crippen MR) is 118 cm³/mol. The van der Waals surface area contributed by atoms with Crippen molar-refractivity contribution >= 4 is 17.7 Å². The lowest BCUT2D eigenvalue weighted by atomic mass is 9.82. The lowest BCUT2D eigenvalue weighted by Gasteiger charge is -2.54. The molecule has 4 heterocycles. The molecule has 9 heteroatoms. The number of fused-ring (bicyclic) bond motifs is 1. The number of carbonyl (C=O) groups excluding carboxylic acids is 1. The minimum absolute atomic E-state index is 0.0195. The fourth-order valence-corrected chi connectivity index (χ4v) is 4.47. The van der Waals surface area contributed by atoms with Gasteiger partial charge in [-0.1, -0.05) is 12.1 Å². The summed E-state index contributed by atoms with van der Waals surface area (Å²) in [4.78, 5) is 30.4. The van der Waals surface area contributed by atoms with Crippen LogP contribution in [0.2, 0.25) is 0 Å². The van der Waals surface area contributed by atoms with Gasteiger partial charge >= 0.3 is 0 Å². The Balaban J connectivity index is 1.37. The van der Waals surface area contributed by atoms with E-state index in [1.807, 2.05) is 61.2 Å². The molecule has 2 aliphatic rings. The van der Waals surface area contributed by atoms with Crippen LogP contribution >= 0.6 is 0 Å². The van der Waals surface area contributed by atoms with E-state index in [1.54, 1.807) is 12.4 Å². The van der Waals surface area contributed by atoms with Crippen LogP contribution in [0.25, 0.3) is 5.69 Å². The zero-order chi connectivity index (χ0) is 21.5. The van der Waals surface area contributed by atoms with E-state index < -0.39 is 0 Å². The number of aryl methyl sites for hydroxylation is 1. The summed E-state index contributed by atoms with van der Waals surface area (Å²) in [6.45, 7) is 4.42. The van der Waals surface area contributed by atoms with Gasteiger partial charge in [0.1, 0.15) is 5.82 Å². The molecule has 2 fully saturated rings. The van der Waals surface area contributed by atoms with Gasteiger partial charge in [0.15, 0.2) is 0 Å². The van der Waals surface area contributed by atoms with Gasteiger partial charge in [-0.3, -0.25) is 4.79 Å². The first kappa shape index (κ1) is 19.5. The van der Waals surface area contributed by atoms with Crippen LogP contribution < -0.4 is 9.80 Å². The van der Waals surface area contributed by atoms with Gasteiger partial charge in [-0.2, -0.15) is 20.0 Å². The van der Waals surface area contributed by atoms with Crippen molar-refractivity contribution in [2.24, 2.45) is 5.92 Å². The smallest absolute Gasteiger partial charge is 0.256 e. The Labute approximate surface area is 181 Å². The molecular formula is C22H26N8O. The van der Waals surface area contributed by atoms with Gasteiger partial charge in [0.2, 0.25) is 5.95 Å². The van der Waals surface area contributed by atoms with Gasteiger partial charge in [0.25, 0.3) is 5.91 Å². The molecular weight excluding hydrogens is 392 g/mol. The highest BCUT2D eigenvalue weighted by Crippen LogP contribution is 2.36. The normalized spacial score (nSPS) is 20.2. The molecule has 0 spiro atoms. The second-order valence-electron chi connectivity index (χ2n) is 8.42. The summed E-state index contributed by atoms with van der Waals surface area (Å²) < 4.78 is 0. The topological polar surface area (TPSA) is 83.3 Å². The van der Waals surface area contributed by atoms with Crippen LogP contribution in [-0.2, 0) is 0 Å². The molecule has 2 atom stereocenters. The average Bonchev–Trinajstić information content (AvgIpc) is 3.28. The number of piperidine rings is 1. The Morgan fingerprint density at radius 2 is 1.87 bits per heavy atom. The third-order valence-electron chi connectivity index (χ3n) is 6.13. The van der Waals surface area contributed by atoms with Gasteiger partial charge in [0.05, 0.1) is 29.7 Å². The minimum atomic E-state index is 0.0195. The van der Waals surface area contributed by atoms with Crippen molar-refractivity contribution in [1.29, 1.82) is 0 Å². The van der Waals surface area contributed by atoms with Crippen molar-refractivity contribution in [3.8, 4) is 5.69 Å². The van der Waals surface area contributed by atoms with Crippen LogP contribution in [0.3, 0.4) is 0 Å². The number of aromatic nitrogens is 5. The van der Waals surface area contributed by atoms with E-state index in [0.29, 0.717) is 29.7 Å². The molecule has 5 rings (SSSR count). The molecule has 2 saturated heterocycles. The largest absolute Gasteiger partial charge is 0.351 e. The van der Waals surface area contributed by atoms with Crippen LogP contribution in [0.4, 0.5) is 11.8 Å². The summed E-state index contributed by atoms with van der Waals surface area (Å²) in [7, 11) is 3.90. The third-order valence-corrected chi connectivity index (χ3v) is 6.13. The lowest BCUT2D eigenvalue weighted by Crippen LogP contribution is -2.65. The van der Waals surface area contributed by atoms with Gasteiger partial charge in [-0.05, 0) is 25.5 Å². The van der Waals surface area contributed by atoms with Gasteiger partial charge in [0, 0.05) is 51.4 Å². The van der Waals surface area contributed by atoms with Crippen LogP contribution in [-0.4, -0.2) is 75.5 Å². The minimum Gasteiger partial charge on any atom is -0.351 e. The van der Waals surface area contributed by atoms with Crippen molar-refractivity contribution < 1.29 is 4.79 Å². The van der Waals surface area contributed by atoms with Crippen LogP contribution in [0.1, 0.15) is 22.5 Å². The van der Waals surface area contributed by atoms with Crippen molar-refractivity contribution in [2.75, 3.05) is 43.5 Å². The molecule has 0 radical (unpaired) electrons. The molecule has 160 valence electrons. The Morgan fingerprint density at radius 3 is 2.65 bits per heavy atom. The summed E-state index contributed by atoms with van der Waals surface area (Å²) in [5.74, 6) is 2.26. The number of anilines is 2. The summed E-state index contributed by atoms with van der Waals surface area (Å²) in [6.07, 6.45) is 4.23. The first-order valence-corrected chi connectivity index (χ1v) is 10.6. The quantitative estimate of drug-likeness (QED) is 0.639. The third kappa shape index (κ3) is 3.49. The number of para-hydroxylation sites is 1. The second-order valence-corrected chi connectivity index (χ2v) is 8.42. The maximum Gasteiger partial charge on any atom is 0.256 e. The molecule has 2 aliphatic heterocycles. The van der Waals surface area contributed by atoms with E-state index in [2.05, 4.69) is 20.1 Å². The maximum atomic E-state index is 13.4. The van der Waals surface area contributed by atoms with E-state index in [1.165, 1.54) is 4.80 Å². The van der Waals surface area contributed by atoms with Crippen LogP contribution in [0, 0.1) is 12.8 Å². The fourth-order valence-electron chi connectivity index (χ4n) is 4.47. The van der Waals surface area contributed by atoms with Gasteiger partial charge in [-0.15, -0.1) is 0 Å². The van der Waals surface area contributed by atoms with Crippen LogP contribution in [0.15, 0.2) is 42.7 Å². The summed E-state index contributed by atoms with van der Waals surface area (Å²) in [6, 6.07) is 9.81. The molecule has 3 aromatic rings. The Kier molecular flexibility index (Phi) is 4.80. The summed E-state index contributed by atoms with van der Waals surface area (Å²) in [5.41, 5.74) is 2.27. The molecule has 2 aromatic heterocycles. The Hall–Kier alpha value is -3.49. The van der Waals surface area contributed by atoms with E-state index in [9.17, 15) is 4.79 Å². The highest BCUT2D eigenvalue weighted by molar-refractivity contribution is 5.97. The van der Waals surface area contributed by atoms with E-state index in [-0.39, 0.29) is 11.9 Å². The number of likely N-dealkylation sites (tertiary alicyclic amines) is 1. The van der Waals surface area contributed by atoms with Gasteiger partial charge in [-0.25, -0.2) is 4.98 Å². The number of carbonyl (C=O) groups is 1. The Morgan fingerprint density at radius 1 is 1.10 bits per heavy atom. The molecule has 0 aliphatic carbocycles. The van der Waals surface area contributed by atoms with Crippen molar-refractivity contribution in [3.05, 3.63) is 54.0 Å². The molecule has 0 saturated carbocycles. The van der Waals surface area contributed by atoms with Crippen molar-refractivity contribution in [2.45, 2.75) is 19.4 Å². The van der Waals surface area contributed by atoms with Crippen molar-refractivity contribution in [3.63, 3.8) is 0 Å². The molecule has 1 aromatic carbocycles. The van der Waals surface area contributed by atoms with Gasteiger partial charge < -0.3 is 14.7 Å². The highest BCUT2D eigenvalue weighted by Gasteiger charge is 2.44. The highest BCUT2D eigenvalue weighted by atomic mass is 16.2. The average molecular weight is 419 g/mol. The predicted octanol–water partition coefficient (Wildman–Crippen LogP) is 1.78. The molecule has 31 heavy (non-hydrogen) atoms.